The van der Waals surface area contributed by atoms with E-state index >= 15 is 4.39 Å². The Labute approximate surface area is 392 Å². The van der Waals surface area contributed by atoms with Gasteiger partial charge in [0, 0.05) is 94.0 Å². The van der Waals surface area contributed by atoms with Crippen molar-refractivity contribution >= 4 is 75.8 Å². The highest BCUT2D eigenvalue weighted by Crippen LogP contribution is 2.32. The number of aromatic nitrogens is 3. The van der Waals surface area contributed by atoms with Crippen LogP contribution in [0, 0.1) is 18.7 Å². The second-order valence-electron chi connectivity index (χ2n) is 16.9. The molecule has 4 aromatic carbocycles. The largest absolute Gasteiger partial charge is 0.457 e. The lowest BCUT2D eigenvalue weighted by molar-refractivity contribution is -0.136. The number of amides is 3. The van der Waals surface area contributed by atoms with Gasteiger partial charge in [0.1, 0.15) is 41.2 Å². The Morgan fingerprint density at radius 1 is 0.881 bits per heavy atom. The van der Waals surface area contributed by atoms with Crippen molar-refractivity contribution in [3.8, 4) is 11.5 Å². The first-order valence-corrected chi connectivity index (χ1v) is 22.6. The summed E-state index contributed by atoms with van der Waals surface area (Å²) in [6.07, 6.45) is 7.13. The molecule has 0 spiro atoms. The summed E-state index contributed by atoms with van der Waals surface area (Å²) in [6.45, 7) is 7.88. The predicted octanol–water partition coefficient (Wildman–Crippen LogP) is 7.82. The van der Waals surface area contributed by atoms with E-state index in [4.69, 9.17) is 16.3 Å². The van der Waals surface area contributed by atoms with Crippen LogP contribution in [0.25, 0.3) is 11.0 Å². The van der Waals surface area contributed by atoms with Gasteiger partial charge >= 0.3 is 0 Å². The molecule has 2 aromatic heterocycles. The lowest BCUT2D eigenvalue weighted by atomic mass is 9.95. The normalized spacial score (nSPS) is 16.7. The summed E-state index contributed by atoms with van der Waals surface area (Å²) >= 11 is 5.88. The number of hydrogen-bond donors (Lipinski definition) is 3. The van der Waals surface area contributed by atoms with Crippen molar-refractivity contribution in [2.24, 2.45) is 5.92 Å². The molecule has 1 atom stereocenters. The number of piperazine rings is 1. The van der Waals surface area contributed by atoms with Crippen LogP contribution < -0.4 is 25.2 Å². The van der Waals surface area contributed by atoms with E-state index in [0.29, 0.717) is 52.0 Å². The number of nitrogens with zero attached hydrogens (tertiary/aromatic N) is 6. The van der Waals surface area contributed by atoms with Gasteiger partial charge < -0.3 is 29.7 Å². The molecule has 0 bridgehead atoms. The molecule has 346 valence electrons. The van der Waals surface area contributed by atoms with Crippen LogP contribution >= 0.6 is 11.6 Å². The average Bonchev–Trinajstić information content (AvgIpc) is 3.73. The summed E-state index contributed by atoms with van der Waals surface area (Å²) in [5, 5.41) is 6.81. The Hall–Kier alpha value is -7.17. The number of piperidine rings is 2. The van der Waals surface area contributed by atoms with E-state index in [0.717, 1.165) is 86.7 Å². The highest BCUT2D eigenvalue weighted by molar-refractivity contribution is 6.33. The van der Waals surface area contributed by atoms with Crippen LogP contribution in [0.2, 0.25) is 5.02 Å². The average molecular weight is 928 g/mol. The van der Waals surface area contributed by atoms with E-state index in [1.165, 1.54) is 24.3 Å². The molecular formula is C50H51ClFN9O6. The van der Waals surface area contributed by atoms with E-state index in [-0.39, 0.29) is 35.7 Å². The third kappa shape index (κ3) is 10.9. The maximum Gasteiger partial charge on any atom is 0.255 e. The molecular weight excluding hydrogens is 877 g/mol. The second kappa shape index (κ2) is 21.0. The number of rotatable bonds is 12. The first kappa shape index (κ1) is 46.4. The topological polar surface area (TPSA) is 173 Å². The molecule has 6 aromatic rings. The van der Waals surface area contributed by atoms with Gasteiger partial charge in [-0.25, -0.2) is 14.4 Å². The van der Waals surface area contributed by atoms with Gasteiger partial charge in [0.25, 0.3) is 5.91 Å². The van der Waals surface area contributed by atoms with Crippen LogP contribution in [0.3, 0.4) is 0 Å². The maximum absolute atomic E-state index is 15.4. The molecule has 0 radical (unpaired) electrons. The third-order valence-corrected chi connectivity index (χ3v) is 12.9. The molecule has 3 amide bonds. The van der Waals surface area contributed by atoms with E-state index < -0.39 is 17.9 Å². The number of imide groups is 1. The molecule has 17 heteroatoms. The number of halogens is 2. The number of H-pyrrole nitrogens is 1. The number of carbonyl (C=O) groups excluding carboxylic acids is 5. The molecule has 9 rings (SSSR count). The van der Waals surface area contributed by atoms with Crippen molar-refractivity contribution in [2.45, 2.75) is 38.6 Å². The summed E-state index contributed by atoms with van der Waals surface area (Å²) in [6, 6.07) is 24.1. The predicted molar refractivity (Wildman–Crippen MR) is 255 cm³/mol. The number of anilines is 4. The van der Waals surface area contributed by atoms with Gasteiger partial charge in [0.15, 0.2) is 12.6 Å². The van der Waals surface area contributed by atoms with Gasteiger partial charge in [-0.05, 0) is 98.3 Å². The fourth-order valence-electron chi connectivity index (χ4n) is 8.81. The minimum Gasteiger partial charge on any atom is -0.457 e. The molecule has 3 saturated heterocycles. The van der Waals surface area contributed by atoms with E-state index in [2.05, 4.69) is 40.3 Å². The zero-order valence-corrected chi connectivity index (χ0v) is 38.0. The highest BCUT2D eigenvalue weighted by Gasteiger charge is 2.34. The van der Waals surface area contributed by atoms with Gasteiger partial charge in [-0.3, -0.25) is 34.2 Å². The van der Waals surface area contributed by atoms with Crippen LogP contribution in [-0.4, -0.2) is 114 Å². The first-order valence-electron chi connectivity index (χ1n) is 22.2. The molecule has 0 aliphatic carbocycles. The minimum atomic E-state index is -0.761. The van der Waals surface area contributed by atoms with Crippen molar-refractivity contribution in [1.82, 2.24) is 30.1 Å². The number of fused-ring (bicyclic) bond motifs is 1. The van der Waals surface area contributed by atoms with Crippen LogP contribution in [0.5, 0.6) is 11.5 Å². The number of aldehydes is 2. The summed E-state index contributed by atoms with van der Waals surface area (Å²) in [4.78, 5) is 79.6. The molecule has 3 aliphatic heterocycles. The third-order valence-electron chi connectivity index (χ3n) is 12.6. The number of para-hydroxylation sites is 1. The summed E-state index contributed by atoms with van der Waals surface area (Å²) in [5.74, 6) is 0.961. The number of nitrogens with one attached hydrogen (secondary N) is 3. The number of hydrogen-bond acceptors (Lipinski definition) is 12. The highest BCUT2D eigenvalue weighted by atomic mass is 35.5. The smallest absolute Gasteiger partial charge is 0.255 e. The fourth-order valence-corrected chi connectivity index (χ4v) is 9.03. The molecule has 67 heavy (non-hydrogen) atoms. The van der Waals surface area contributed by atoms with Crippen LogP contribution in [0.1, 0.15) is 62.3 Å². The fraction of sp³-hybridized carbons (Fsp3) is 0.300. The summed E-state index contributed by atoms with van der Waals surface area (Å²) in [5.41, 5.74) is 4.83. The molecule has 15 nitrogen and oxygen atoms in total. The molecule has 3 fully saturated rings. The van der Waals surface area contributed by atoms with Gasteiger partial charge in [0.2, 0.25) is 11.8 Å². The van der Waals surface area contributed by atoms with Crippen molar-refractivity contribution < 1.29 is 33.1 Å². The van der Waals surface area contributed by atoms with Crippen molar-refractivity contribution in [1.29, 1.82) is 0 Å². The molecule has 0 saturated carbocycles. The van der Waals surface area contributed by atoms with E-state index in [1.807, 2.05) is 61.7 Å². The van der Waals surface area contributed by atoms with Crippen LogP contribution in [0.15, 0.2) is 97.5 Å². The van der Waals surface area contributed by atoms with Crippen LogP contribution in [-0.2, 0) is 9.59 Å². The first-order chi connectivity index (χ1) is 32.5. The van der Waals surface area contributed by atoms with Gasteiger partial charge in [0.05, 0.1) is 21.7 Å². The summed E-state index contributed by atoms with van der Waals surface area (Å²) < 4.78 is 20.9. The lowest BCUT2D eigenvalue weighted by Gasteiger charge is -2.40. The van der Waals surface area contributed by atoms with E-state index in [9.17, 15) is 24.0 Å². The Morgan fingerprint density at radius 3 is 2.34 bits per heavy atom. The molecule has 3 N–H and O–H groups in total. The molecule has 1 unspecified atom stereocenters. The Kier molecular flexibility index (Phi) is 14.5. The number of benzene rings is 4. The standard InChI is InChI=1S/C37H42FN9O4.C13H9ClO2/c1-23-19-39-34-33(23)35(41-22-40-34)42-26-3-6-30(29(38)18-26)47-11-9-24(10-12-47)20-45-13-15-46(16-14-45)27-4-5-28(25(17-27)21-48)37(51)44(2)31-7-8-32(49)43-36(31)50;14-13-8-12(7-6-10(13)9-15)16-11-4-2-1-3-5-11/h3-6,17-19,21-22,24,31H,7-16,20H2,1-2H3,(H,43,49,50)(H2,39,40,41,42);1-9H. The number of carbonyl (C=O) groups is 5. The molecule has 3 aliphatic rings. The number of ether oxygens (including phenoxy) is 1. The lowest BCUT2D eigenvalue weighted by Crippen LogP contribution is -2.53. The SMILES string of the molecule is Cc1c[nH]c2ncnc(Nc3ccc(N4CCC(CN5CCN(c6ccc(C(=O)N(C)C7CCC(=O)NC7=O)c(C=O)c6)CC5)CC4)c(F)c3)c12.O=Cc1ccc(Oc2ccccc2)cc1Cl. The number of likely N-dealkylation sites (N-methyl/N-ethyl adjacent to an activating group) is 1. The van der Waals surface area contributed by atoms with Crippen molar-refractivity contribution in [3.05, 3.63) is 131 Å². The van der Waals surface area contributed by atoms with Gasteiger partial charge in [-0.1, -0.05) is 29.8 Å². The van der Waals surface area contributed by atoms with Crippen molar-refractivity contribution in [3.63, 3.8) is 0 Å². The minimum absolute atomic E-state index is 0.163. The zero-order valence-electron chi connectivity index (χ0n) is 37.2. The van der Waals surface area contributed by atoms with Gasteiger partial charge in [-0.15, -0.1) is 0 Å². The summed E-state index contributed by atoms with van der Waals surface area (Å²) in [7, 11) is 1.52. The Bertz CT molecular complexity index is 2770. The van der Waals surface area contributed by atoms with E-state index in [1.54, 1.807) is 30.3 Å². The zero-order chi connectivity index (χ0) is 47.0. The molecule has 5 heterocycles. The number of aryl methyl sites for hydroxylation is 1. The number of aromatic amines is 1. The van der Waals surface area contributed by atoms with Crippen molar-refractivity contribution in [2.75, 3.05) is 68.0 Å². The maximum atomic E-state index is 15.4. The Morgan fingerprint density at radius 2 is 1.64 bits per heavy atom. The van der Waals surface area contributed by atoms with Gasteiger partial charge in [-0.2, -0.15) is 0 Å². The second-order valence-corrected chi connectivity index (χ2v) is 17.3. The quantitative estimate of drug-likeness (QED) is 0.0804. The van der Waals surface area contributed by atoms with Crippen LogP contribution in [0.4, 0.5) is 27.3 Å². The Balaban J connectivity index is 0.000000320. The monoisotopic (exact) mass is 927 g/mol.